The van der Waals surface area contributed by atoms with Crippen molar-refractivity contribution in [2.45, 2.75) is 29.9 Å². The number of amides is 2. The van der Waals surface area contributed by atoms with Gasteiger partial charge in [-0.3, -0.25) is 9.59 Å². The van der Waals surface area contributed by atoms with Gasteiger partial charge in [0.2, 0.25) is 5.91 Å². The largest absolute Gasteiger partial charge is 0.451 e. The summed E-state index contributed by atoms with van der Waals surface area (Å²) in [5, 5.41) is 6.17. The first-order valence-electron chi connectivity index (χ1n) is 10.5. The van der Waals surface area contributed by atoms with Gasteiger partial charge in [0.15, 0.2) is 5.76 Å². The number of para-hydroxylation sites is 1. The van der Waals surface area contributed by atoms with E-state index in [1.807, 2.05) is 36.6 Å². The van der Waals surface area contributed by atoms with Crippen LogP contribution in [-0.2, 0) is 10.5 Å². The number of carbonyl (C=O) groups excluding carboxylic acids is 2. The minimum atomic E-state index is -0.385. The number of benzene rings is 2. The van der Waals surface area contributed by atoms with Gasteiger partial charge in [0.1, 0.15) is 9.92 Å². The van der Waals surface area contributed by atoms with Gasteiger partial charge in [-0.15, -0.1) is 11.3 Å². The molecule has 1 N–H and O–H groups in total. The van der Waals surface area contributed by atoms with Gasteiger partial charge in [0, 0.05) is 46.4 Å². The Kier molecular flexibility index (Phi) is 6.14. The van der Waals surface area contributed by atoms with Gasteiger partial charge in [-0.2, -0.15) is 0 Å². The topological polar surface area (TPSA) is 75.4 Å². The molecule has 4 aromatic rings. The molecule has 1 fully saturated rings. The van der Waals surface area contributed by atoms with Gasteiger partial charge in [0.25, 0.3) is 5.91 Å². The monoisotopic (exact) mass is 497 g/mol. The summed E-state index contributed by atoms with van der Waals surface area (Å²) < 4.78 is 6.90. The molecular weight excluding hydrogens is 478 g/mol. The first-order chi connectivity index (χ1) is 16.0. The second-order valence-electron chi connectivity index (χ2n) is 7.72. The summed E-state index contributed by atoms with van der Waals surface area (Å²) in [5.74, 6) is 0.478. The fourth-order valence-corrected chi connectivity index (χ4v) is 5.88. The summed E-state index contributed by atoms with van der Waals surface area (Å²) in [6.45, 7) is 2.62. The molecule has 5 rings (SSSR count). The molecular formula is C24H20ClN3O3S2. The Morgan fingerprint density at radius 3 is 2.91 bits per heavy atom. The van der Waals surface area contributed by atoms with E-state index in [4.69, 9.17) is 16.0 Å². The fourth-order valence-electron chi connectivity index (χ4n) is 3.84. The van der Waals surface area contributed by atoms with Crippen molar-refractivity contribution in [2.75, 3.05) is 16.8 Å². The normalized spacial score (nSPS) is 13.8. The number of aryl methyl sites for hydroxylation is 1. The summed E-state index contributed by atoms with van der Waals surface area (Å²) >= 11 is 9.53. The molecule has 2 aromatic heterocycles. The highest BCUT2D eigenvalue weighted by molar-refractivity contribution is 8.00. The fraction of sp³-hybridized carbons (Fsp3) is 0.208. The molecule has 0 atom stereocenters. The maximum atomic E-state index is 13.3. The van der Waals surface area contributed by atoms with Crippen LogP contribution in [0.2, 0.25) is 5.02 Å². The van der Waals surface area contributed by atoms with Crippen LogP contribution in [0.15, 0.2) is 56.6 Å². The lowest BCUT2D eigenvalue weighted by atomic mass is 10.1. The van der Waals surface area contributed by atoms with Crippen LogP contribution in [0.25, 0.3) is 11.0 Å². The molecule has 0 aliphatic carbocycles. The summed E-state index contributed by atoms with van der Waals surface area (Å²) in [4.78, 5) is 31.6. The Hall–Kier alpha value is -2.81. The van der Waals surface area contributed by atoms with E-state index in [1.165, 1.54) is 0 Å². The van der Waals surface area contributed by atoms with Crippen LogP contribution in [0.5, 0.6) is 0 Å². The van der Waals surface area contributed by atoms with E-state index in [9.17, 15) is 9.59 Å². The third-order valence-electron chi connectivity index (χ3n) is 5.43. The number of carbonyl (C=O) groups is 2. The van der Waals surface area contributed by atoms with Crippen molar-refractivity contribution >= 4 is 68.9 Å². The highest BCUT2D eigenvalue weighted by Gasteiger charge is 2.24. The zero-order valence-electron chi connectivity index (χ0n) is 17.8. The molecule has 1 aliphatic heterocycles. The predicted molar refractivity (Wildman–Crippen MR) is 134 cm³/mol. The predicted octanol–water partition coefficient (Wildman–Crippen LogP) is 6.52. The van der Waals surface area contributed by atoms with E-state index >= 15 is 0 Å². The molecule has 0 saturated carbocycles. The average Bonchev–Trinajstić information content (AvgIpc) is 3.52. The quantitative estimate of drug-likeness (QED) is 0.307. The zero-order valence-corrected chi connectivity index (χ0v) is 20.1. The number of nitrogens with zero attached hydrogens (tertiary/aromatic N) is 2. The number of nitrogens with one attached hydrogen (secondary N) is 1. The highest BCUT2D eigenvalue weighted by Crippen LogP contribution is 2.35. The van der Waals surface area contributed by atoms with E-state index < -0.39 is 0 Å². The van der Waals surface area contributed by atoms with Crippen LogP contribution in [-0.4, -0.2) is 23.3 Å². The van der Waals surface area contributed by atoms with Crippen LogP contribution in [0.1, 0.15) is 34.7 Å². The summed E-state index contributed by atoms with van der Waals surface area (Å²) in [5.41, 5.74) is 3.59. The van der Waals surface area contributed by atoms with E-state index in [0.717, 1.165) is 33.1 Å². The molecule has 3 heterocycles. The van der Waals surface area contributed by atoms with Gasteiger partial charge < -0.3 is 14.6 Å². The van der Waals surface area contributed by atoms with Gasteiger partial charge in [0.05, 0.1) is 10.7 Å². The first-order valence-corrected chi connectivity index (χ1v) is 12.7. The maximum absolute atomic E-state index is 13.3. The SMILES string of the molecule is Cc1csc(SCc2c(C(=O)Nc3cc(N4CCCC4=O)ccc3Cl)oc3ccccc23)n1. The molecule has 2 aromatic carbocycles. The molecule has 168 valence electrons. The van der Waals surface area contributed by atoms with E-state index in [2.05, 4.69) is 10.3 Å². The second kappa shape index (κ2) is 9.21. The van der Waals surface area contributed by atoms with Gasteiger partial charge in [-0.25, -0.2) is 4.98 Å². The first kappa shape index (κ1) is 22.0. The molecule has 0 unspecified atom stereocenters. The molecule has 9 heteroatoms. The lowest BCUT2D eigenvalue weighted by Gasteiger charge is -2.17. The molecule has 0 radical (unpaired) electrons. The number of fused-ring (bicyclic) bond motifs is 1. The van der Waals surface area contributed by atoms with E-state index in [1.54, 1.807) is 46.2 Å². The van der Waals surface area contributed by atoms with E-state index in [0.29, 0.717) is 35.0 Å². The maximum Gasteiger partial charge on any atom is 0.291 e. The molecule has 0 spiro atoms. The van der Waals surface area contributed by atoms with Crippen LogP contribution in [0, 0.1) is 6.92 Å². The smallest absolute Gasteiger partial charge is 0.291 e. The zero-order chi connectivity index (χ0) is 22.9. The minimum Gasteiger partial charge on any atom is -0.451 e. The van der Waals surface area contributed by atoms with Crippen molar-refractivity contribution in [1.29, 1.82) is 0 Å². The second-order valence-corrected chi connectivity index (χ2v) is 10.2. The third kappa shape index (κ3) is 4.51. The number of anilines is 2. The van der Waals surface area contributed by atoms with Crippen LogP contribution < -0.4 is 10.2 Å². The molecule has 1 saturated heterocycles. The lowest BCUT2D eigenvalue weighted by molar-refractivity contribution is -0.117. The Labute approximate surface area is 203 Å². The van der Waals surface area contributed by atoms with Crippen molar-refractivity contribution in [2.24, 2.45) is 0 Å². The van der Waals surface area contributed by atoms with E-state index in [-0.39, 0.29) is 17.6 Å². The number of thiazole rings is 1. The van der Waals surface area contributed by atoms with Crippen LogP contribution in [0.3, 0.4) is 0 Å². The summed E-state index contributed by atoms with van der Waals surface area (Å²) in [7, 11) is 0. The number of halogens is 1. The summed E-state index contributed by atoms with van der Waals surface area (Å²) in [6.07, 6.45) is 1.35. The molecule has 6 nitrogen and oxygen atoms in total. The number of furan rings is 1. The van der Waals surface area contributed by atoms with Crippen molar-refractivity contribution in [3.63, 3.8) is 0 Å². The molecule has 1 aliphatic rings. The standard InChI is InChI=1S/C24H20ClN3O3S2/c1-14-12-32-24(26-14)33-13-17-16-5-2-3-6-20(16)31-22(17)23(30)27-19-11-15(8-9-18(19)25)28-10-4-7-21(28)29/h2-3,5-6,8-9,11-12H,4,7,10,13H2,1H3,(H,27,30). The Balaban J connectivity index is 1.44. The number of hydrogen-bond donors (Lipinski definition) is 1. The van der Waals surface area contributed by atoms with Crippen molar-refractivity contribution in [1.82, 2.24) is 4.98 Å². The number of thioether (sulfide) groups is 1. The Morgan fingerprint density at radius 1 is 1.30 bits per heavy atom. The molecule has 2 amide bonds. The lowest BCUT2D eigenvalue weighted by Crippen LogP contribution is -2.24. The molecule has 0 bridgehead atoms. The number of rotatable bonds is 6. The van der Waals surface area contributed by atoms with Gasteiger partial charge in [-0.1, -0.05) is 41.6 Å². The van der Waals surface area contributed by atoms with Crippen molar-refractivity contribution in [3.8, 4) is 0 Å². The van der Waals surface area contributed by atoms with Crippen molar-refractivity contribution in [3.05, 3.63) is 69.9 Å². The Morgan fingerprint density at radius 2 is 2.15 bits per heavy atom. The van der Waals surface area contributed by atoms with Crippen molar-refractivity contribution < 1.29 is 14.0 Å². The average molecular weight is 498 g/mol. The van der Waals surface area contributed by atoms with Gasteiger partial charge >= 0.3 is 0 Å². The summed E-state index contributed by atoms with van der Waals surface area (Å²) in [6, 6.07) is 12.8. The molecule has 33 heavy (non-hydrogen) atoms. The van der Waals surface area contributed by atoms with Crippen LogP contribution >= 0.6 is 34.7 Å². The van der Waals surface area contributed by atoms with Gasteiger partial charge in [-0.05, 0) is 37.6 Å². The number of aromatic nitrogens is 1. The van der Waals surface area contributed by atoms with Crippen LogP contribution in [0.4, 0.5) is 11.4 Å². The third-order valence-corrected chi connectivity index (χ3v) is 7.92. The highest BCUT2D eigenvalue weighted by atomic mass is 35.5. The number of hydrogen-bond acceptors (Lipinski definition) is 6. The Bertz CT molecular complexity index is 1360. The minimum absolute atomic E-state index is 0.0728.